The van der Waals surface area contributed by atoms with Gasteiger partial charge in [-0.05, 0) is 36.1 Å². The van der Waals surface area contributed by atoms with Gasteiger partial charge in [0.2, 0.25) is 5.91 Å². The third-order valence-corrected chi connectivity index (χ3v) is 4.14. The summed E-state index contributed by atoms with van der Waals surface area (Å²) in [5.74, 6) is -0.110. The molecule has 2 atom stereocenters. The minimum absolute atomic E-state index is 0.143. The summed E-state index contributed by atoms with van der Waals surface area (Å²) in [6.07, 6.45) is 0.829. The highest BCUT2D eigenvalue weighted by molar-refractivity contribution is 9.10. The Hall–Kier alpha value is -1.16. The van der Waals surface area contributed by atoms with Crippen molar-refractivity contribution in [3.05, 3.63) is 33.8 Å². The van der Waals surface area contributed by atoms with Gasteiger partial charge in [-0.15, -0.1) is 0 Å². The van der Waals surface area contributed by atoms with Crippen molar-refractivity contribution >= 4 is 27.7 Å². The van der Waals surface area contributed by atoms with Crippen molar-refractivity contribution in [2.45, 2.75) is 18.8 Å². The third-order valence-electron chi connectivity index (χ3n) is 3.65. The van der Waals surface area contributed by atoms with Gasteiger partial charge in [0.1, 0.15) is 0 Å². The van der Waals surface area contributed by atoms with E-state index in [1.807, 2.05) is 19.1 Å². The van der Waals surface area contributed by atoms with Gasteiger partial charge in [0.05, 0.1) is 5.41 Å². The maximum atomic E-state index is 11.9. The fourth-order valence-corrected chi connectivity index (χ4v) is 2.96. The van der Waals surface area contributed by atoms with Crippen LogP contribution in [-0.4, -0.2) is 11.8 Å². The summed E-state index contributed by atoms with van der Waals surface area (Å²) in [6.45, 7) is 2.04. The number of carbonyl (C=O) groups excluding carboxylic acids is 2. The molecule has 1 saturated carbocycles. The van der Waals surface area contributed by atoms with Gasteiger partial charge in [-0.25, -0.2) is 0 Å². The standard InChI is InChI=1S/C12H10BrNO2/c1-6-5-12(6)9-4-7(13)2-3-8(9)10(15)14-11(12)16/h2-4,6H,5H2,1H3,(H,14,15,16)/t6-,12+/m0/s1. The third kappa shape index (κ3) is 1.08. The molecule has 1 heterocycles. The molecule has 3 nitrogen and oxygen atoms in total. The minimum atomic E-state index is -0.451. The molecule has 1 aromatic rings. The highest BCUT2D eigenvalue weighted by Gasteiger charge is 2.61. The van der Waals surface area contributed by atoms with Crippen molar-refractivity contribution < 1.29 is 9.59 Å². The van der Waals surface area contributed by atoms with E-state index in [2.05, 4.69) is 21.2 Å². The second kappa shape index (κ2) is 2.94. The Morgan fingerprint density at radius 3 is 2.75 bits per heavy atom. The monoisotopic (exact) mass is 279 g/mol. The molecule has 1 N–H and O–H groups in total. The molecule has 0 bridgehead atoms. The molecule has 1 spiro atoms. The lowest BCUT2D eigenvalue weighted by atomic mass is 9.85. The summed E-state index contributed by atoms with van der Waals surface area (Å²) in [4.78, 5) is 23.6. The van der Waals surface area contributed by atoms with Crippen LogP contribution >= 0.6 is 15.9 Å². The van der Waals surface area contributed by atoms with E-state index in [0.717, 1.165) is 16.5 Å². The maximum Gasteiger partial charge on any atom is 0.258 e. The van der Waals surface area contributed by atoms with E-state index >= 15 is 0 Å². The van der Waals surface area contributed by atoms with Crippen molar-refractivity contribution in [2.75, 3.05) is 0 Å². The second-order valence-corrected chi connectivity index (χ2v) is 5.47. The van der Waals surface area contributed by atoms with Crippen LogP contribution in [0, 0.1) is 5.92 Å². The molecule has 1 fully saturated rings. The van der Waals surface area contributed by atoms with Gasteiger partial charge in [0, 0.05) is 10.0 Å². The molecule has 3 rings (SSSR count). The second-order valence-electron chi connectivity index (χ2n) is 4.55. The minimum Gasteiger partial charge on any atom is -0.292 e. The van der Waals surface area contributed by atoms with Gasteiger partial charge < -0.3 is 0 Å². The number of halogens is 1. The van der Waals surface area contributed by atoms with Crippen molar-refractivity contribution in [1.82, 2.24) is 5.32 Å². The Morgan fingerprint density at radius 1 is 1.44 bits per heavy atom. The zero-order valence-corrected chi connectivity index (χ0v) is 10.3. The number of imide groups is 1. The van der Waals surface area contributed by atoms with E-state index in [9.17, 15) is 9.59 Å². The Morgan fingerprint density at radius 2 is 2.12 bits per heavy atom. The Labute approximate surface area is 101 Å². The maximum absolute atomic E-state index is 11.9. The van der Waals surface area contributed by atoms with Crippen molar-refractivity contribution in [1.29, 1.82) is 0 Å². The highest BCUT2D eigenvalue weighted by atomic mass is 79.9. The molecular formula is C12H10BrNO2. The predicted molar refractivity (Wildman–Crippen MR) is 62.1 cm³/mol. The summed E-state index contributed by atoms with van der Waals surface area (Å²) in [7, 11) is 0. The molecule has 4 heteroatoms. The first kappa shape index (κ1) is 10.0. The SMILES string of the molecule is C[C@H]1C[C@@]12C(=O)NC(=O)c1ccc(Br)cc12. The zero-order valence-electron chi connectivity index (χ0n) is 8.71. The van der Waals surface area contributed by atoms with Crippen LogP contribution in [0.2, 0.25) is 0 Å². The molecule has 1 aromatic carbocycles. The average Bonchev–Trinajstić information content (AvgIpc) is 2.89. The van der Waals surface area contributed by atoms with Crippen molar-refractivity contribution in [2.24, 2.45) is 5.92 Å². The molecule has 2 aliphatic rings. The number of hydrogen-bond donors (Lipinski definition) is 1. The lowest BCUT2D eigenvalue weighted by molar-refractivity contribution is -0.123. The van der Waals surface area contributed by atoms with Gasteiger partial charge in [-0.2, -0.15) is 0 Å². The molecule has 0 unspecified atom stereocenters. The Bertz CT molecular complexity index is 526. The summed E-state index contributed by atoms with van der Waals surface area (Å²) >= 11 is 3.39. The van der Waals surface area contributed by atoms with Gasteiger partial charge in [-0.1, -0.05) is 22.9 Å². The van der Waals surface area contributed by atoms with E-state index in [1.165, 1.54) is 0 Å². The van der Waals surface area contributed by atoms with E-state index in [0.29, 0.717) is 11.5 Å². The smallest absolute Gasteiger partial charge is 0.258 e. The summed E-state index contributed by atoms with van der Waals surface area (Å²) in [6, 6.07) is 5.50. The molecular weight excluding hydrogens is 270 g/mol. The summed E-state index contributed by atoms with van der Waals surface area (Å²) < 4.78 is 0.909. The van der Waals surface area contributed by atoms with Crippen LogP contribution in [-0.2, 0) is 10.2 Å². The Kier molecular flexibility index (Phi) is 1.84. The van der Waals surface area contributed by atoms with E-state index in [-0.39, 0.29) is 11.8 Å². The van der Waals surface area contributed by atoms with Crippen LogP contribution in [0.4, 0.5) is 0 Å². The fraction of sp³-hybridized carbons (Fsp3) is 0.333. The first-order chi connectivity index (χ1) is 7.55. The van der Waals surface area contributed by atoms with Crippen molar-refractivity contribution in [3.8, 4) is 0 Å². The van der Waals surface area contributed by atoms with Crippen LogP contribution in [0.5, 0.6) is 0 Å². The summed E-state index contributed by atoms with van der Waals surface area (Å²) in [5.41, 5.74) is 1.06. The molecule has 2 amide bonds. The van der Waals surface area contributed by atoms with Crippen LogP contribution < -0.4 is 5.32 Å². The van der Waals surface area contributed by atoms with Gasteiger partial charge in [0.25, 0.3) is 5.91 Å². The topological polar surface area (TPSA) is 46.2 Å². The van der Waals surface area contributed by atoms with Crippen molar-refractivity contribution in [3.63, 3.8) is 0 Å². The predicted octanol–water partition coefficient (Wildman–Crippen LogP) is 2.00. The lowest BCUT2D eigenvalue weighted by Gasteiger charge is -2.25. The fourth-order valence-electron chi connectivity index (χ4n) is 2.60. The van der Waals surface area contributed by atoms with Gasteiger partial charge >= 0.3 is 0 Å². The van der Waals surface area contributed by atoms with Crippen LogP contribution in [0.3, 0.4) is 0 Å². The summed E-state index contributed by atoms with van der Waals surface area (Å²) in [5, 5.41) is 2.44. The zero-order chi connectivity index (χ0) is 11.5. The molecule has 1 aliphatic heterocycles. The van der Waals surface area contributed by atoms with Gasteiger partial charge in [-0.3, -0.25) is 14.9 Å². The number of benzene rings is 1. The lowest BCUT2D eigenvalue weighted by Crippen LogP contribution is -2.45. The number of amides is 2. The van der Waals surface area contributed by atoms with E-state index in [1.54, 1.807) is 6.07 Å². The van der Waals surface area contributed by atoms with Crippen LogP contribution in [0.25, 0.3) is 0 Å². The van der Waals surface area contributed by atoms with Gasteiger partial charge in [0.15, 0.2) is 0 Å². The quantitative estimate of drug-likeness (QED) is 0.739. The largest absolute Gasteiger partial charge is 0.292 e. The number of fused-ring (bicyclic) bond motifs is 2. The number of nitrogens with one attached hydrogen (secondary N) is 1. The van der Waals surface area contributed by atoms with E-state index in [4.69, 9.17) is 0 Å². The number of rotatable bonds is 0. The molecule has 16 heavy (non-hydrogen) atoms. The average molecular weight is 280 g/mol. The first-order valence-corrected chi connectivity index (χ1v) is 6.01. The molecule has 1 aliphatic carbocycles. The van der Waals surface area contributed by atoms with E-state index < -0.39 is 5.41 Å². The first-order valence-electron chi connectivity index (χ1n) is 5.21. The Balaban J connectivity index is 2.26. The number of carbonyl (C=O) groups is 2. The number of hydrogen-bond acceptors (Lipinski definition) is 2. The van der Waals surface area contributed by atoms with Crippen LogP contribution in [0.1, 0.15) is 29.3 Å². The molecule has 0 radical (unpaired) electrons. The normalized spacial score (nSPS) is 31.2. The van der Waals surface area contributed by atoms with Crippen LogP contribution in [0.15, 0.2) is 22.7 Å². The molecule has 0 saturated heterocycles. The molecule has 0 aromatic heterocycles. The highest BCUT2D eigenvalue weighted by Crippen LogP contribution is 2.56. The molecule has 82 valence electrons.